The lowest BCUT2D eigenvalue weighted by Crippen LogP contribution is -2.41. The molecule has 0 unspecified atom stereocenters. The van der Waals surface area contributed by atoms with E-state index in [0.717, 1.165) is 28.8 Å². The average Bonchev–Trinajstić information content (AvgIpc) is 2.67. The van der Waals surface area contributed by atoms with Crippen LogP contribution in [0.5, 0.6) is 11.5 Å². The molecule has 0 bridgehead atoms. The van der Waals surface area contributed by atoms with Crippen molar-refractivity contribution in [3.8, 4) is 11.5 Å². The summed E-state index contributed by atoms with van der Waals surface area (Å²) < 4.78 is 51.9. The number of ether oxygens (including phenoxy) is 3. The van der Waals surface area contributed by atoms with Gasteiger partial charge in [0, 0.05) is 12.0 Å². The van der Waals surface area contributed by atoms with Crippen molar-refractivity contribution in [3.63, 3.8) is 0 Å². The lowest BCUT2D eigenvalue weighted by molar-refractivity contribution is -0.274. The van der Waals surface area contributed by atoms with Gasteiger partial charge in [-0.2, -0.15) is 0 Å². The van der Waals surface area contributed by atoms with Gasteiger partial charge in [-0.05, 0) is 88.9 Å². The summed E-state index contributed by atoms with van der Waals surface area (Å²) in [5.41, 5.74) is 1.68. The van der Waals surface area contributed by atoms with Crippen LogP contribution >= 0.6 is 0 Å². The van der Waals surface area contributed by atoms with Crippen molar-refractivity contribution in [3.05, 3.63) is 58.7 Å². The van der Waals surface area contributed by atoms with E-state index in [1.54, 1.807) is 27.7 Å². The molecule has 0 saturated heterocycles. The van der Waals surface area contributed by atoms with Gasteiger partial charge in [0.15, 0.2) is 11.4 Å². The van der Waals surface area contributed by atoms with Gasteiger partial charge in [0.25, 0.3) is 0 Å². The van der Waals surface area contributed by atoms with Crippen LogP contribution in [0.3, 0.4) is 0 Å². The molecule has 0 atom stereocenters. The zero-order valence-corrected chi connectivity index (χ0v) is 19.6. The zero-order valence-electron chi connectivity index (χ0n) is 19.6. The summed E-state index contributed by atoms with van der Waals surface area (Å²) >= 11 is 0. The number of halogens is 3. The molecule has 2 aromatic carbocycles. The number of carbonyl (C=O) groups excluding carboxylic acids is 2. The van der Waals surface area contributed by atoms with Crippen molar-refractivity contribution in [2.45, 2.75) is 72.5 Å². The van der Waals surface area contributed by atoms with Crippen LogP contribution in [0.4, 0.5) is 13.2 Å². The van der Waals surface area contributed by atoms with Crippen molar-refractivity contribution >= 4 is 11.8 Å². The van der Waals surface area contributed by atoms with Gasteiger partial charge < -0.3 is 14.2 Å². The normalized spacial score (nSPS) is 11.9. The molecule has 33 heavy (non-hydrogen) atoms. The number of aryl methyl sites for hydroxylation is 3. The van der Waals surface area contributed by atoms with E-state index in [4.69, 9.17) is 9.47 Å². The summed E-state index contributed by atoms with van der Waals surface area (Å²) in [6.07, 6.45) is -4.40. The highest BCUT2D eigenvalue weighted by atomic mass is 19.4. The number of ketones is 1. The van der Waals surface area contributed by atoms with Crippen LogP contribution in [0, 0.1) is 13.8 Å². The largest absolute Gasteiger partial charge is 0.573 e. The highest BCUT2D eigenvalue weighted by Crippen LogP contribution is 2.30. The lowest BCUT2D eigenvalue weighted by atomic mass is 9.98. The number of esters is 1. The second kappa shape index (κ2) is 10.3. The Labute approximate surface area is 191 Å². The number of carbonyl (C=O) groups is 2. The van der Waals surface area contributed by atoms with Gasteiger partial charge in [-0.25, -0.2) is 4.79 Å². The monoisotopic (exact) mass is 466 g/mol. The number of benzene rings is 2. The molecule has 0 spiro atoms. The summed E-state index contributed by atoms with van der Waals surface area (Å²) in [7, 11) is 0. The van der Waals surface area contributed by atoms with E-state index in [0.29, 0.717) is 17.7 Å². The Hall–Kier alpha value is -3.03. The van der Waals surface area contributed by atoms with Crippen LogP contribution < -0.4 is 9.47 Å². The summed E-state index contributed by atoms with van der Waals surface area (Å²) in [6.45, 7) is 10.5. The topological polar surface area (TPSA) is 61.8 Å². The highest BCUT2D eigenvalue weighted by Gasteiger charge is 2.33. The number of alkyl halides is 3. The third kappa shape index (κ3) is 7.80. The molecule has 0 fully saturated rings. The standard InChI is InChI=1S/C25H29F3O5/c1-15(2)31-23(30)24(5,6)33-22-16(3)13-18(14-17(22)4)7-12-21(29)19-8-10-20(11-9-19)32-25(26,27)28/h8-11,13-15H,7,12H2,1-6H3. The maximum absolute atomic E-state index is 12.5. The van der Waals surface area contributed by atoms with E-state index in [1.165, 1.54) is 12.1 Å². The Morgan fingerprint density at radius 2 is 1.48 bits per heavy atom. The minimum Gasteiger partial charge on any atom is -0.476 e. The fourth-order valence-electron chi connectivity index (χ4n) is 3.24. The van der Waals surface area contributed by atoms with E-state index in [-0.39, 0.29) is 24.1 Å². The highest BCUT2D eigenvalue weighted by molar-refractivity contribution is 5.96. The van der Waals surface area contributed by atoms with Crippen molar-refractivity contribution in [1.82, 2.24) is 0 Å². The van der Waals surface area contributed by atoms with Crippen molar-refractivity contribution in [1.29, 1.82) is 0 Å². The number of hydrogen-bond acceptors (Lipinski definition) is 5. The van der Waals surface area contributed by atoms with Crippen molar-refractivity contribution in [2.24, 2.45) is 0 Å². The maximum Gasteiger partial charge on any atom is 0.573 e. The Balaban J connectivity index is 2.05. The van der Waals surface area contributed by atoms with Gasteiger partial charge in [-0.1, -0.05) is 12.1 Å². The van der Waals surface area contributed by atoms with E-state index in [1.807, 2.05) is 26.0 Å². The molecule has 0 saturated carbocycles. The van der Waals surface area contributed by atoms with Crippen LogP contribution in [0.2, 0.25) is 0 Å². The molecule has 0 aliphatic heterocycles. The molecule has 0 N–H and O–H groups in total. The van der Waals surface area contributed by atoms with Gasteiger partial charge >= 0.3 is 12.3 Å². The second-order valence-corrected chi connectivity index (χ2v) is 8.62. The Morgan fingerprint density at radius 3 is 1.97 bits per heavy atom. The van der Waals surface area contributed by atoms with Crippen LogP contribution in [0.25, 0.3) is 0 Å². The molecule has 0 aromatic heterocycles. The quantitative estimate of drug-likeness (QED) is 0.329. The zero-order chi connectivity index (χ0) is 25.0. The first kappa shape index (κ1) is 26.2. The number of hydrogen-bond donors (Lipinski definition) is 0. The second-order valence-electron chi connectivity index (χ2n) is 8.62. The fraction of sp³-hybridized carbons (Fsp3) is 0.440. The third-order valence-electron chi connectivity index (χ3n) is 4.76. The van der Waals surface area contributed by atoms with E-state index < -0.39 is 17.9 Å². The predicted molar refractivity (Wildman–Crippen MR) is 118 cm³/mol. The Kier molecular flexibility index (Phi) is 8.16. The fourth-order valence-corrected chi connectivity index (χ4v) is 3.24. The lowest BCUT2D eigenvalue weighted by Gasteiger charge is -2.27. The third-order valence-corrected chi connectivity index (χ3v) is 4.76. The van der Waals surface area contributed by atoms with Crippen molar-refractivity contribution in [2.75, 3.05) is 0 Å². The summed E-state index contributed by atoms with van der Waals surface area (Å²) in [5, 5.41) is 0. The van der Waals surface area contributed by atoms with Gasteiger partial charge in [0.1, 0.15) is 11.5 Å². The molecule has 0 heterocycles. The first-order chi connectivity index (χ1) is 15.2. The first-order valence-electron chi connectivity index (χ1n) is 10.6. The van der Waals surface area contributed by atoms with E-state index in [2.05, 4.69) is 4.74 Å². The van der Waals surface area contributed by atoms with Crippen LogP contribution in [0.15, 0.2) is 36.4 Å². The molecule has 8 heteroatoms. The molecule has 180 valence electrons. The molecule has 0 aliphatic carbocycles. The van der Waals surface area contributed by atoms with Crippen molar-refractivity contribution < 1.29 is 37.0 Å². The average molecular weight is 466 g/mol. The minimum absolute atomic E-state index is 0.185. The van der Waals surface area contributed by atoms with Crippen LogP contribution in [-0.2, 0) is 16.0 Å². The number of Topliss-reactive ketones (excluding diaryl/α,β-unsaturated/α-hetero) is 1. The smallest absolute Gasteiger partial charge is 0.476 e. The molecule has 0 amide bonds. The molecular formula is C25H29F3O5. The number of rotatable bonds is 9. The predicted octanol–water partition coefficient (Wildman–Crippen LogP) is 6.13. The summed E-state index contributed by atoms with van der Waals surface area (Å²) in [5.74, 6) is -0.448. The van der Waals surface area contributed by atoms with Gasteiger partial charge in [0.2, 0.25) is 0 Å². The Bertz CT molecular complexity index is 969. The van der Waals surface area contributed by atoms with Crippen LogP contribution in [-0.4, -0.2) is 29.8 Å². The van der Waals surface area contributed by atoms with E-state index >= 15 is 0 Å². The molecule has 5 nitrogen and oxygen atoms in total. The maximum atomic E-state index is 12.5. The molecule has 0 aliphatic rings. The molecular weight excluding hydrogens is 437 g/mol. The molecule has 2 rings (SSSR count). The first-order valence-corrected chi connectivity index (χ1v) is 10.6. The minimum atomic E-state index is -4.78. The van der Waals surface area contributed by atoms with E-state index in [9.17, 15) is 22.8 Å². The summed E-state index contributed by atoms with van der Waals surface area (Å²) in [6, 6.07) is 8.64. The SMILES string of the molecule is Cc1cc(CCC(=O)c2ccc(OC(F)(F)F)cc2)cc(C)c1OC(C)(C)C(=O)OC(C)C. The Morgan fingerprint density at radius 1 is 0.939 bits per heavy atom. The van der Waals surface area contributed by atoms with Gasteiger partial charge in [-0.3, -0.25) is 4.79 Å². The summed E-state index contributed by atoms with van der Waals surface area (Å²) in [4.78, 5) is 24.8. The van der Waals surface area contributed by atoms with Gasteiger partial charge in [-0.15, -0.1) is 13.2 Å². The molecule has 2 aromatic rings. The molecule has 0 radical (unpaired) electrons. The van der Waals surface area contributed by atoms with Crippen LogP contribution in [0.1, 0.15) is 61.2 Å². The van der Waals surface area contributed by atoms with Gasteiger partial charge in [0.05, 0.1) is 6.10 Å².